The molecule has 30 heavy (non-hydrogen) atoms. The lowest BCUT2D eigenvalue weighted by Crippen LogP contribution is -2.59. The summed E-state index contributed by atoms with van der Waals surface area (Å²) < 4.78 is 31.3. The van der Waals surface area contributed by atoms with Gasteiger partial charge in [-0.25, -0.2) is 0 Å². The van der Waals surface area contributed by atoms with E-state index in [4.69, 9.17) is 28.4 Å². The van der Waals surface area contributed by atoms with Gasteiger partial charge in [-0.2, -0.15) is 0 Å². The zero-order valence-corrected chi connectivity index (χ0v) is 16.6. The summed E-state index contributed by atoms with van der Waals surface area (Å²) in [7, 11) is 0. The molecule has 13 heteroatoms. The second kappa shape index (κ2) is 10.4. The lowest BCUT2D eigenvalue weighted by atomic mass is 9.99. The maximum atomic E-state index is 11.5. The van der Waals surface area contributed by atoms with Crippen LogP contribution in [0.1, 0.15) is 20.8 Å². The van der Waals surface area contributed by atoms with Crippen molar-refractivity contribution in [2.75, 3.05) is 13.2 Å². The van der Waals surface area contributed by atoms with E-state index >= 15 is 0 Å². The van der Waals surface area contributed by atoms with Crippen molar-refractivity contribution in [3.05, 3.63) is 0 Å². The Morgan fingerprint density at radius 1 is 0.733 bits per heavy atom. The highest BCUT2D eigenvalue weighted by molar-refractivity contribution is 5.67. The second-order valence-corrected chi connectivity index (χ2v) is 6.86. The zero-order valence-electron chi connectivity index (χ0n) is 16.6. The fraction of sp³-hybridized carbons (Fsp3) is 0.824. The average molecular weight is 438 g/mol. The molecular weight excluding hydrogens is 412 g/mol. The van der Waals surface area contributed by atoms with Crippen molar-refractivity contribution in [1.82, 2.24) is 0 Å². The lowest BCUT2D eigenvalue weighted by molar-refractivity contribution is -0.298. The number of carbonyl (C=O) groups excluding carboxylic acids is 3. The van der Waals surface area contributed by atoms with Crippen LogP contribution < -0.4 is 0 Å². The van der Waals surface area contributed by atoms with Gasteiger partial charge in [0.2, 0.25) is 0 Å². The first-order valence-electron chi connectivity index (χ1n) is 9.13. The third kappa shape index (κ3) is 6.07. The normalized spacial score (nSPS) is 38.7. The SMILES string of the molecule is CC(=O)OC[C@@H]1O[C@@H](OC[C@H]2OC(O)[C@H](O)[C@@H](O)[C@@H]2O)[C@H](OC(C)=O)[C@H]1OC(C)=O. The van der Waals surface area contributed by atoms with Crippen molar-refractivity contribution in [3.63, 3.8) is 0 Å². The van der Waals surface area contributed by atoms with E-state index in [9.17, 15) is 34.8 Å². The van der Waals surface area contributed by atoms with Gasteiger partial charge in [-0.05, 0) is 0 Å². The molecule has 2 fully saturated rings. The second-order valence-electron chi connectivity index (χ2n) is 6.86. The Labute approximate surface area is 171 Å². The van der Waals surface area contributed by atoms with Crippen LogP contribution in [-0.4, -0.2) is 107 Å². The van der Waals surface area contributed by atoms with Gasteiger partial charge in [-0.1, -0.05) is 0 Å². The summed E-state index contributed by atoms with van der Waals surface area (Å²) in [5.41, 5.74) is 0. The van der Waals surface area contributed by atoms with Crippen LogP contribution in [0.25, 0.3) is 0 Å². The van der Waals surface area contributed by atoms with Crippen molar-refractivity contribution in [1.29, 1.82) is 0 Å². The summed E-state index contributed by atoms with van der Waals surface area (Å²) in [5.74, 6) is -2.06. The Morgan fingerprint density at radius 3 is 1.90 bits per heavy atom. The maximum absolute atomic E-state index is 11.5. The summed E-state index contributed by atoms with van der Waals surface area (Å²) >= 11 is 0. The van der Waals surface area contributed by atoms with Gasteiger partial charge in [0.25, 0.3) is 0 Å². The Balaban J connectivity index is 2.11. The minimum atomic E-state index is -1.77. The van der Waals surface area contributed by atoms with Gasteiger partial charge in [-0.15, -0.1) is 0 Å². The third-order valence-corrected chi connectivity index (χ3v) is 4.43. The van der Waals surface area contributed by atoms with Gasteiger partial charge in [0.05, 0.1) is 6.61 Å². The predicted octanol–water partition coefficient (Wildman–Crippen LogP) is -3.05. The molecule has 0 aromatic carbocycles. The Morgan fingerprint density at radius 2 is 1.33 bits per heavy atom. The number of ether oxygens (including phenoxy) is 6. The molecule has 0 saturated carbocycles. The first-order valence-corrected chi connectivity index (χ1v) is 9.13. The van der Waals surface area contributed by atoms with Crippen LogP contribution in [0.5, 0.6) is 0 Å². The van der Waals surface area contributed by atoms with Crippen LogP contribution in [0.15, 0.2) is 0 Å². The first-order chi connectivity index (χ1) is 14.0. The predicted molar refractivity (Wildman–Crippen MR) is 91.3 cm³/mol. The fourth-order valence-electron chi connectivity index (χ4n) is 3.07. The molecule has 13 nitrogen and oxygen atoms in total. The average Bonchev–Trinajstić information content (AvgIpc) is 2.95. The van der Waals surface area contributed by atoms with Gasteiger partial charge in [-0.3, -0.25) is 14.4 Å². The number of hydrogen-bond acceptors (Lipinski definition) is 13. The molecular formula is C17H26O13. The molecule has 1 unspecified atom stereocenters. The molecule has 0 radical (unpaired) electrons. The van der Waals surface area contributed by atoms with Crippen molar-refractivity contribution in [2.24, 2.45) is 0 Å². The number of hydrogen-bond donors (Lipinski definition) is 4. The summed E-state index contributed by atoms with van der Waals surface area (Å²) in [6.07, 6.45) is -12.8. The summed E-state index contributed by atoms with van der Waals surface area (Å²) in [6, 6.07) is 0. The van der Waals surface area contributed by atoms with Crippen molar-refractivity contribution in [3.8, 4) is 0 Å². The molecule has 172 valence electrons. The number of carbonyl (C=O) groups is 3. The topological polar surface area (TPSA) is 188 Å². The summed E-state index contributed by atoms with van der Waals surface area (Å²) in [5, 5.41) is 38.9. The van der Waals surface area contributed by atoms with E-state index in [1.807, 2.05) is 0 Å². The number of rotatable bonds is 7. The fourth-order valence-corrected chi connectivity index (χ4v) is 3.07. The van der Waals surface area contributed by atoms with E-state index in [2.05, 4.69) is 0 Å². The van der Waals surface area contributed by atoms with E-state index in [1.54, 1.807) is 0 Å². The number of aliphatic hydroxyl groups is 4. The van der Waals surface area contributed by atoms with Crippen LogP contribution in [-0.2, 0) is 42.8 Å². The van der Waals surface area contributed by atoms with E-state index in [0.717, 1.165) is 13.8 Å². The van der Waals surface area contributed by atoms with Gasteiger partial charge >= 0.3 is 17.9 Å². The highest BCUT2D eigenvalue weighted by Crippen LogP contribution is 2.29. The molecule has 0 spiro atoms. The lowest BCUT2D eigenvalue weighted by Gasteiger charge is -2.38. The monoisotopic (exact) mass is 438 g/mol. The molecule has 4 N–H and O–H groups in total. The smallest absolute Gasteiger partial charge is 0.303 e. The first kappa shape index (κ1) is 24.4. The Bertz CT molecular complexity index is 625. The molecule has 9 atom stereocenters. The zero-order chi connectivity index (χ0) is 22.6. The van der Waals surface area contributed by atoms with Gasteiger partial charge in [0.15, 0.2) is 24.8 Å². The standard InChI is InChI=1S/C17H26O13/c1-6(18)25-5-10-14(27-7(2)19)15(28-8(3)20)17(30-10)26-4-9-11(21)12(22)13(23)16(24)29-9/h9-17,21-24H,4-5H2,1-3H3/t9-,10+,11-,12+,13-,14+,15-,16?,17-/m1/s1. The minimum absolute atomic E-state index is 0.322. The Hall–Kier alpha value is -1.87. The molecule has 0 amide bonds. The van der Waals surface area contributed by atoms with Crippen LogP contribution >= 0.6 is 0 Å². The molecule has 0 aromatic heterocycles. The highest BCUT2D eigenvalue weighted by atomic mass is 16.7. The van der Waals surface area contributed by atoms with Crippen LogP contribution in [0.2, 0.25) is 0 Å². The van der Waals surface area contributed by atoms with Crippen molar-refractivity contribution >= 4 is 17.9 Å². The van der Waals surface area contributed by atoms with Gasteiger partial charge in [0, 0.05) is 20.8 Å². The van der Waals surface area contributed by atoms with E-state index in [1.165, 1.54) is 6.92 Å². The molecule has 2 heterocycles. The maximum Gasteiger partial charge on any atom is 0.303 e. The molecule has 0 aromatic rings. The third-order valence-electron chi connectivity index (χ3n) is 4.43. The largest absolute Gasteiger partial charge is 0.463 e. The molecule has 0 aliphatic carbocycles. The molecule has 2 rings (SSSR count). The van der Waals surface area contributed by atoms with E-state index < -0.39 is 79.8 Å². The highest BCUT2D eigenvalue weighted by Gasteiger charge is 2.51. The van der Waals surface area contributed by atoms with Crippen LogP contribution in [0, 0.1) is 0 Å². The number of aliphatic hydroxyl groups excluding tert-OH is 4. The van der Waals surface area contributed by atoms with Gasteiger partial charge < -0.3 is 48.8 Å². The molecule has 2 saturated heterocycles. The summed E-state index contributed by atoms with van der Waals surface area (Å²) in [4.78, 5) is 34.1. The molecule has 0 bridgehead atoms. The van der Waals surface area contributed by atoms with Crippen molar-refractivity contribution in [2.45, 2.75) is 76.1 Å². The Kier molecular flexibility index (Phi) is 8.49. The van der Waals surface area contributed by atoms with E-state index in [-0.39, 0.29) is 6.61 Å². The summed E-state index contributed by atoms with van der Waals surface area (Å²) in [6.45, 7) is 2.63. The minimum Gasteiger partial charge on any atom is -0.463 e. The molecule has 2 aliphatic heterocycles. The quantitative estimate of drug-likeness (QED) is 0.232. The van der Waals surface area contributed by atoms with Crippen LogP contribution in [0.3, 0.4) is 0 Å². The molecule has 2 aliphatic rings. The van der Waals surface area contributed by atoms with Crippen molar-refractivity contribution < 1.29 is 63.2 Å². The van der Waals surface area contributed by atoms with Gasteiger partial charge in [0.1, 0.15) is 37.1 Å². The van der Waals surface area contributed by atoms with Crippen LogP contribution in [0.4, 0.5) is 0 Å². The number of esters is 3. The van der Waals surface area contributed by atoms with E-state index in [0.29, 0.717) is 0 Å².